The fraction of sp³-hybridized carbons (Fsp3) is 0.571. The van der Waals surface area contributed by atoms with Gasteiger partial charge in [0, 0.05) is 22.9 Å². The lowest BCUT2D eigenvalue weighted by atomic mass is 9.95. The minimum atomic E-state index is -3.05. The van der Waals surface area contributed by atoms with Crippen LogP contribution in [0.3, 0.4) is 0 Å². The first-order valence-corrected chi connectivity index (χ1v) is 9.69. The van der Waals surface area contributed by atoms with Gasteiger partial charge in [0.2, 0.25) is 0 Å². The number of hydrogen-bond donors (Lipinski definition) is 1. The molecule has 2 atom stereocenters. The first-order chi connectivity index (χ1) is 9.86. The van der Waals surface area contributed by atoms with E-state index in [0.717, 1.165) is 12.8 Å². The molecule has 3 nitrogen and oxygen atoms in total. The van der Waals surface area contributed by atoms with Crippen LogP contribution in [-0.2, 0) is 9.84 Å². The maximum atomic E-state index is 12.6. The Morgan fingerprint density at radius 3 is 2.67 bits per heavy atom. The van der Waals surface area contributed by atoms with Gasteiger partial charge in [-0.2, -0.15) is 8.78 Å². The van der Waals surface area contributed by atoms with Crippen molar-refractivity contribution in [1.82, 2.24) is 0 Å². The molecule has 0 amide bonds. The first kappa shape index (κ1) is 16.5. The zero-order chi connectivity index (χ0) is 15.5. The summed E-state index contributed by atoms with van der Waals surface area (Å²) in [5, 5.41) is 2.90. The van der Waals surface area contributed by atoms with Gasteiger partial charge in [-0.25, -0.2) is 8.42 Å². The van der Waals surface area contributed by atoms with Crippen LogP contribution in [0, 0.1) is 0 Å². The largest absolute Gasteiger partial charge is 0.381 e. The van der Waals surface area contributed by atoms with E-state index < -0.39 is 15.6 Å². The van der Waals surface area contributed by atoms with Gasteiger partial charge in [-0.05, 0) is 31.4 Å². The van der Waals surface area contributed by atoms with Crippen LogP contribution in [0.4, 0.5) is 14.5 Å². The second kappa shape index (κ2) is 6.96. The number of anilines is 1. The molecule has 1 aliphatic carbocycles. The van der Waals surface area contributed by atoms with E-state index in [1.165, 1.54) is 6.26 Å². The van der Waals surface area contributed by atoms with Gasteiger partial charge in [-0.1, -0.05) is 30.3 Å². The van der Waals surface area contributed by atoms with Crippen LogP contribution < -0.4 is 5.32 Å². The third-order valence-electron chi connectivity index (χ3n) is 3.69. The topological polar surface area (TPSA) is 46.2 Å². The van der Waals surface area contributed by atoms with Crippen molar-refractivity contribution in [2.75, 3.05) is 11.6 Å². The standard InChI is InChI=1S/C14H19F2NO2S2/c1-21(18,19)11-6-4-5-10(9-11)17-12-7-2-3-8-13(12)20-14(15)16/h2-3,7-8,10-11,14,17H,4-6,9H2,1H3. The van der Waals surface area contributed by atoms with E-state index in [9.17, 15) is 17.2 Å². The molecule has 0 radical (unpaired) electrons. The number of sulfone groups is 1. The molecule has 1 N–H and O–H groups in total. The second-order valence-corrected chi connectivity index (χ2v) is 8.69. The van der Waals surface area contributed by atoms with Crippen molar-refractivity contribution in [2.45, 2.75) is 47.6 Å². The Labute approximate surface area is 128 Å². The fourth-order valence-corrected chi connectivity index (χ4v) is 4.45. The van der Waals surface area contributed by atoms with Gasteiger partial charge in [-0.3, -0.25) is 0 Å². The molecular weight excluding hydrogens is 316 g/mol. The van der Waals surface area contributed by atoms with Crippen LogP contribution in [-0.4, -0.2) is 31.7 Å². The lowest BCUT2D eigenvalue weighted by Crippen LogP contribution is -2.34. The van der Waals surface area contributed by atoms with Crippen LogP contribution in [0.1, 0.15) is 25.7 Å². The fourth-order valence-electron chi connectivity index (χ4n) is 2.67. The molecule has 2 rings (SSSR count). The molecule has 1 aliphatic rings. The van der Waals surface area contributed by atoms with E-state index in [1.807, 2.05) is 0 Å². The Bertz CT molecular complexity index is 578. The Kier molecular flexibility index (Phi) is 5.48. The van der Waals surface area contributed by atoms with Gasteiger partial charge < -0.3 is 5.32 Å². The summed E-state index contributed by atoms with van der Waals surface area (Å²) in [4.78, 5) is 0.494. The van der Waals surface area contributed by atoms with Crippen molar-refractivity contribution in [2.24, 2.45) is 0 Å². The molecular formula is C14H19F2NO2S2. The highest BCUT2D eigenvalue weighted by molar-refractivity contribution is 7.99. The smallest absolute Gasteiger partial charge is 0.288 e. The third-order valence-corrected chi connectivity index (χ3v) is 6.12. The van der Waals surface area contributed by atoms with Gasteiger partial charge >= 0.3 is 0 Å². The van der Waals surface area contributed by atoms with Crippen molar-refractivity contribution >= 4 is 27.3 Å². The molecule has 0 spiro atoms. The quantitative estimate of drug-likeness (QED) is 0.832. The molecule has 1 aromatic carbocycles. The Balaban J connectivity index is 2.08. The second-order valence-electron chi connectivity index (χ2n) is 5.33. The number of hydrogen-bond acceptors (Lipinski definition) is 4. The number of rotatable bonds is 5. The van der Waals surface area contributed by atoms with Gasteiger partial charge in [0.15, 0.2) is 0 Å². The molecule has 118 valence electrons. The summed E-state index contributed by atoms with van der Waals surface area (Å²) in [5.41, 5.74) is 0.655. The maximum absolute atomic E-state index is 12.6. The summed E-state index contributed by atoms with van der Waals surface area (Å²) in [6, 6.07) is 6.92. The monoisotopic (exact) mass is 335 g/mol. The molecule has 0 aromatic heterocycles. The highest BCUT2D eigenvalue weighted by Crippen LogP contribution is 2.34. The molecule has 21 heavy (non-hydrogen) atoms. The van der Waals surface area contributed by atoms with Crippen molar-refractivity contribution < 1.29 is 17.2 Å². The predicted octanol–water partition coefficient (Wildman–Crippen LogP) is 3.77. The Hall–Kier alpha value is -0.820. The van der Waals surface area contributed by atoms with Crippen LogP contribution in [0.15, 0.2) is 29.2 Å². The Morgan fingerprint density at radius 1 is 1.29 bits per heavy atom. The van der Waals surface area contributed by atoms with Crippen molar-refractivity contribution in [3.63, 3.8) is 0 Å². The van der Waals surface area contributed by atoms with Crippen LogP contribution in [0.25, 0.3) is 0 Å². The molecule has 7 heteroatoms. The average Bonchev–Trinajstić information content (AvgIpc) is 2.40. The highest BCUT2D eigenvalue weighted by Gasteiger charge is 2.29. The number of halogens is 2. The van der Waals surface area contributed by atoms with Crippen molar-refractivity contribution in [1.29, 1.82) is 0 Å². The van der Waals surface area contributed by atoms with Crippen molar-refractivity contribution in [3.8, 4) is 0 Å². The molecule has 1 fully saturated rings. The van der Waals surface area contributed by atoms with Gasteiger partial charge in [-0.15, -0.1) is 0 Å². The van der Waals surface area contributed by atoms with E-state index in [0.29, 0.717) is 35.2 Å². The minimum Gasteiger partial charge on any atom is -0.381 e. The third kappa shape index (κ3) is 4.85. The minimum absolute atomic E-state index is 0.0119. The van der Waals surface area contributed by atoms with Crippen LogP contribution in [0.5, 0.6) is 0 Å². The number of benzene rings is 1. The molecule has 2 unspecified atom stereocenters. The number of para-hydroxylation sites is 1. The molecule has 1 aromatic rings. The maximum Gasteiger partial charge on any atom is 0.288 e. The first-order valence-electron chi connectivity index (χ1n) is 6.85. The molecule has 0 heterocycles. The summed E-state index contributed by atoms with van der Waals surface area (Å²) in [7, 11) is -3.05. The van der Waals surface area contributed by atoms with Gasteiger partial charge in [0.25, 0.3) is 5.76 Å². The molecule has 0 bridgehead atoms. The zero-order valence-electron chi connectivity index (χ0n) is 11.8. The lowest BCUT2D eigenvalue weighted by Gasteiger charge is -2.30. The van der Waals surface area contributed by atoms with E-state index in [1.54, 1.807) is 24.3 Å². The Morgan fingerprint density at radius 2 is 2.00 bits per heavy atom. The van der Waals surface area contributed by atoms with Crippen LogP contribution in [0.2, 0.25) is 0 Å². The normalized spacial score (nSPS) is 23.2. The van der Waals surface area contributed by atoms with Crippen molar-refractivity contribution in [3.05, 3.63) is 24.3 Å². The van der Waals surface area contributed by atoms with Gasteiger partial charge in [0.1, 0.15) is 9.84 Å². The highest BCUT2D eigenvalue weighted by atomic mass is 32.2. The summed E-state index contributed by atoms with van der Waals surface area (Å²) in [5.74, 6) is -2.47. The zero-order valence-corrected chi connectivity index (χ0v) is 13.4. The lowest BCUT2D eigenvalue weighted by molar-refractivity contribution is 0.252. The number of alkyl halides is 2. The SMILES string of the molecule is CS(=O)(=O)C1CCCC(Nc2ccccc2SC(F)F)C1. The average molecular weight is 335 g/mol. The predicted molar refractivity (Wildman–Crippen MR) is 82.8 cm³/mol. The summed E-state index contributed by atoms with van der Waals surface area (Å²) < 4.78 is 48.4. The van der Waals surface area contributed by atoms with E-state index in [2.05, 4.69) is 5.32 Å². The summed E-state index contributed by atoms with van der Waals surface area (Å²) >= 11 is 0.506. The van der Waals surface area contributed by atoms with E-state index >= 15 is 0 Å². The number of thioether (sulfide) groups is 1. The summed E-state index contributed by atoms with van der Waals surface area (Å²) in [6.45, 7) is 0. The molecule has 0 saturated heterocycles. The van der Waals surface area contributed by atoms with E-state index in [-0.39, 0.29) is 11.3 Å². The van der Waals surface area contributed by atoms with Gasteiger partial charge in [0.05, 0.1) is 5.25 Å². The summed E-state index contributed by atoms with van der Waals surface area (Å²) in [6.07, 6.45) is 4.18. The number of nitrogens with one attached hydrogen (secondary N) is 1. The molecule has 1 saturated carbocycles. The van der Waals surface area contributed by atoms with Crippen LogP contribution >= 0.6 is 11.8 Å². The molecule has 0 aliphatic heterocycles. The van der Waals surface area contributed by atoms with E-state index in [4.69, 9.17) is 0 Å².